The van der Waals surface area contributed by atoms with E-state index in [4.69, 9.17) is 16.3 Å². The van der Waals surface area contributed by atoms with E-state index in [9.17, 15) is 4.79 Å². The SMILES string of the molecule is COc1ccc(Cl)cc1C(=O)N1CCN(c2cnnc(N3CCCC3)c2)CC1. The summed E-state index contributed by atoms with van der Waals surface area (Å²) in [7, 11) is 1.56. The van der Waals surface area contributed by atoms with Gasteiger partial charge in [-0.05, 0) is 31.0 Å². The van der Waals surface area contributed by atoms with E-state index >= 15 is 0 Å². The molecule has 0 unspecified atom stereocenters. The average Bonchev–Trinajstić information content (AvgIpc) is 3.28. The van der Waals surface area contributed by atoms with Crippen LogP contribution in [0.3, 0.4) is 0 Å². The molecule has 148 valence electrons. The highest BCUT2D eigenvalue weighted by atomic mass is 35.5. The van der Waals surface area contributed by atoms with E-state index in [2.05, 4.69) is 26.1 Å². The van der Waals surface area contributed by atoms with Gasteiger partial charge in [0.25, 0.3) is 5.91 Å². The Morgan fingerprint density at radius 3 is 2.50 bits per heavy atom. The first-order chi connectivity index (χ1) is 13.7. The normalized spacial score (nSPS) is 17.1. The van der Waals surface area contributed by atoms with Crippen molar-refractivity contribution in [3.8, 4) is 5.75 Å². The second-order valence-electron chi connectivity index (χ2n) is 7.09. The molecular weight excluding hydrogens is 378 g/mol. The molecule has 0 radical (unpaired) electrons. The lowest BCUT2D eigenvalue weighted by Crippen LogP contribution is -2.49. The molecule has 0 spiro atoms. The molecule has 3 heterocycles. The van der Waals surface area contributed by atoms with Gasteiger partial charge in [-0.3, -0.25) is 4.79 Å². The zero-order valence-corrected chi connectivity index (χ0v) is 16.7. The molecule has 2 fully saturated rings. The summed E-state index contributed by atoms with van der Waals surface area (Å²) in [4.78, 5) is 19.3. The Morgan fingerprint density at radius 1 is 1.04 bits per heavy atom. The van der Waals surface area contributed by atoms with Crippen LogP contribution in [-0.2, 0) is 0 Å². The zero-order valence-electron chi connectivity index (χ0n) is 16.0. The Kier molecular flexibility index (Phi) is 5.52. The molecule has 2 aliphatic heterocycles. The third-order valence-electron chi connectivity index (χ3n) is 5.38. The van der Waals surface area contributed by atoms with Crippen LogP contribution in [0.1, 0.15) is 23.2 Å². The number of anilines is 2. The van der Waals surface area contributed by atoms with Crippen molar-refractivity contribution in [2.45, 2.75) is 12.8 Å². The van der Waals surface area contributed by atoms with Gasteiger partial charge in [-0.1, -0.05) is 11.6 Å². The van der Waals surface area contributed by atoms with Gasteiger partial charge in [0.15, 0.2) is 5.82 Å². The molecule has 2 saturated heterocycles. The minimum atomic E-state index is -0.0513. The summed E-state index contributed by atoms with van der Waals surface area (Å²) in [5, 5.41) is 9.01. The number of halogens is 1. The van der Waals surface area contributed by atoms with Gasteiger partial charge in [0, 0.05) is 50.4 Å². The lowest BCUT2D eigenvalue weighted by Gasteiger charge is -2.36. The number of amides is 1. The van der Waals surface area contributed by atoms with Crippen LogP contribution in [-0.4, -0.2) is 67.4 Å². The van der Waals surface area contributed by atoms with Gasteiger partial charge < -0.3 is 19.4 Å². The van der Waals surface area contributed by atoms with Gasteiger partial charge in [0.2, 0.25) is 0 Å². The number of hydrogen-bond donors (Lipinski definition) is 0. The van der Waals surface area contributed by atoms with Crippen LogP contribution < -0.4 is 14.5 Å². The van der Waals surface area contributed by atoms with Gasteiger partial charge in [-0.15, -0.1) is 5.10 Å². The van der Waals surface area contributed by atoms with Crippen LogP contribution in [0.25, 0.3) is 0 Å². The van der Waals surface area contributed by atoms with Gasteiger partial charge in [-0.2, -0.15) is 5.10 Å². The fraction of sp³-hybridized carbons (Fsp3) is 0.450. The molecular formula is C20H24ClN5O2. The van der Waals surface area contributed by atoms with Crippen LogP contribution in [0.15, 0.2) is 30.5 Å². The lowest BCUT2D eigenvalue weighted by molar-refractivity contribution is 0.0743. The van der Waals surface area contributed by atoms with Crippen LogP contribution in [0, 0.1) is 0 Å². The van der Waals surface area contributed by atoms with Gasteiger partial charge in [-0.25, -0.2) is 0 Å². The summed E-state index contributed by atoms with van der Waals surface area (Å²) in [5.74, 6) is 1.44. The summed E-state index contributed by atoms with van der Waals surface area (Å²) >= 11 is 6.08. The maximum absolute atomic E-state index is 12.9. The van der Waals surface area contributed by atoms with Crippen LogP contribution in [0.5, 0.6) is 5.75 Å². The number of methoxy groups -OCH3 is 1. The second kappa shape index (κ2) is 8.22. The predicted molar refractivity (Wildman–Crippen MR) is 110 cm³/mol. The third kappa shape index (κ3) is 3.85. The maximum Gasteiger partial charge on any atom is 0.257 e. The number of carbonyl (C=O) groups is 1. The quantitative estimate of drug-likeness (QED) is 0.785. The molecule has 28 heavy (non-hydrogen) atoms. The summed E-state index contributed by atoms with van der Waals surface area (Å²) in [6.07, 6.45) is 4.22. The number of ether oxygens (including phenoxy) is 1. The monoisotopic (exact) mass is 401 g/mol. The first-order valence-corrected chi connectivity index (χ1v) is 9.99. The number of hydrogen-bond acceptors (Lipinski definition) is 6. The Hall–Kier alpha value is -2.54. The van der Waals surface area contributed by atoms with Crippen molar-refractivity contribution >= 4 is 29.0 Å². The number of aromatic nitrogens is 2. The molecule has 8 heteroatoms. The van der Waals surface area contributed by atoms with Crippen molar-refractivity contribution in [3.63, 3.8) is 0 Å². The summed E-state index contributed by atoms with van der Waals surface area (Å²) in [6.45, 7) is 4.86. The first kappa shape index (κ1) is 18.8. The summed E-state index contributed by atoms with van der Waals surface area (Å²) in [5.41, 5.74) is 1.56. The van der Waals surface area contributed by atoms with E-state index in [1.54, 1.807) is 31.5 Å². The van der Waals surface area contributed by atoms with Crippen molar-refractivity contribution < 1.29 is 9.53 Å². The molecule has 0 N–H and O–H groups in total. The topological polar surface area (TPSA) is 61.8 Å². The fourth-order valence-corrected chi connectivity index (χ4v) is 3.98. The molecule has 0 aliphatic carbocycles. The lowest BCUT2D eigenvalue weighted by atomic mass is 10.1. The Labute approximate surface area is 169 Å². The standard InChI is InChI=1S/C20H24ClN5O2/c1-28-18-5-4-15(21)12-17(18)20(27)26-10-8-24(9-11-26)16-13-19(23-22-14-16)25-6-2-3-7-25/h4-5,12-14H,2-3,6-11H2,1H3. The Balaban J connectivity index is 1.43. The predicted octanol–water partition coefficient (Wildman–Crippen LogP) is 2.70. The molecule has 1 amide bonds. The fourth-order valence-electron chi connectivity index (χ4n) is 3.80. The molecule has 0 saturated carbocycles. The van der Waals surface area contributed by atoms with Crippen LogP contribution in [0.4, 0.5) is 11.5 Å². The number of piperazine rings is 1. The van der Waals surface area contributed by atoms with Crippen molar-refractivity contribution in [3.05, 3.63) is 41.0 Å². The number of carbonyl (C=O) groups excluding carboxylic acids is 1. The zero-order chi connectivity index (χ0) is 19.5. The minimum Gasteiger partial charge on any atom is -0.496 e. The molecule has 2 aliphatic rings. The largest absolute Gasteiger partial charge is 0.496 e. The van der Waals surface area contributed by atoms with Crippen molar-refractivity contribution in [1.29, 1.82) is 0 Å². The highest BCUT2D eigenvalue weighted by molar-refractivity contribution is 6.31. The van der Waals surface area contributed by atoms with Gasteiger partial charge in [0.1, 0.15) is 5.75 Å². The number of nitrogens with zero attached hydrogens (tertiary/aromatic N) is 5. The molecule has 1 aromatic carbocycles. The van der Waals surface area contributed by atoms with E-state index in [0.29, 0.717) is 29.4 Å². The number of rotatable bonds is 4. The van der Waals surface area contributed by atoms with Crippen LogP contribution >= 0.6 is 11.6 Å². The smallest absolute Gasteiger partial charge is 0.257 e. The first-order valence-electron chi connectivity index (χ1n) is 9.61. The van der Waals surface area contributed by atoms with E-state index in [1.165, 1.54) is 12.8 Å². The van der Waals surface area contributed by atoms with E-state index < -0.39 is 0 Å². The van der Waals surface area contributed by atoms with Crippen molar-refractivity contribution in [2.24, 2.45) is 0 Å². The second-order valence-corrected chi connectivity index (χ2v) is 7.53. The maximum atomic E-state index is 12.9. The average molecular weight is 402 g/mol. The highest BCUT2D eigenvalue weighted by Crippen LogP contribution is 2.26. The third-order valence-corrected chi connectivity index (χ3v) is 5.62. The van der Waals surface area contributed by atoms with Gasteiger partial charge in [0.05, 0.1) is 24.6 Å². The Bertz CT molecular complexity index is 848. The molecule has 7 nitrogen and oxygen atoms in total. The summed E-state index contributed by atoms with van der Waals surface area (Å²) in [6, 6.07) is 7.23. The van der Waals surface area contributed by atoms with E-state index in [-0.39, 0.29) is 5.91 Å². The van der Waals surface area contributed by atoms with E-state index in [0.717, 1.165) is 37.7 Å². The van der Waals surface area contributed by atoms with E-state index in [1.807, 2.05) is 4.90 Å². The summed E-state index contributed by atoms with van der Waals surface area (Å²) < 4.78 is 5.33. The van der Waals surface area contributed by atoms with Crippen molar-refractivity contribution in [2.75, 3.05) is 56.2 Å². The highest BCUT2D eigenvalue weighted by Gasteiger charge is 2.25. The molecule has 1 aromatic heterocycles. The van der Waals surface area contributed by atoms with Gasteiger partial charge >= 0.3 is 0 Å². The molecule has 0 atom stereocenters. The van der Waals surface area contributed by atoms with Crippen LogP contribution in [0.2, 0.25) is 5.02 Å². The Morgan fingerprint density at radius 2 is 1.79 bits per heavy atom. The molecule has 2 aromatic rings. The molecule has 0 bridgehead atoms. The molecule has 4 rings (SSSR count). The number of benzene rings is 1. The minimum absolute atomic E-state index is 0.0513. The van der Waals surface area contributed by atoms with Crippen molar-refractivity contribution in [1.82, 2.24) is 15.1 Å².